The lowest BCUT2D eigenvalue weighted by Crippen LogP contribution is -2.52. The van der Waals surface area contributed by atoms with Crippen molar-refractivity contribution in [2.45, 2.75) is 84.9 Å². The fourth-order valence-electron chi connectivity index (χ4n) is 6.17. The minimum Gasteiger partial charge on any atom is -0.484 e. The second kappa shape index (κ2) is 14.2. The van der Waals surface area contributed by atoms with Gasteiger partial charge in [0.25, 0.3) is 0 Å². The van der Waals surface area contributed by atoms with E-state index in [0.717, 1.165) is 42.6 Å². The summed E-state index contributed by atoms with van der Waals surface area (Å²) in [5.41, 5.74) is 10.2. The Morgan fingerprint density at radius 1 is 0.979 bits per heavy atom. The predicted octanol–water partition coefficient (Wildman–Crippen LogP) is 6.85. The van der Waals surface area contributed by atoms with Gasteiger partial charge in [-0.3, -0.25) is 25.6 Å². The van der Waals surface area contributed by atoms with Crippen LogP contribution in [0.15, 0.2) is 83.6 Å². The maximum atomic E-state index is 13.4. The third kappa shape index (κ3) is 8.05. The first-order chi connectivity index (χ1) is 22.7. The number of nitrogens with two attached hydrogens (primary N) is 1. The number of aryl methyl sites for hydroxylation is 1. The Hall–Kier alpha value is -4.70. The number of aliphatic imine (C=N–C) groups is 1. The number of urea groups is 1. The smallest absolute Gasteiger partial charge is 0.320 e. The summed E-state index contributed by atoms with van der Waals surface area (Å²) in [6.45, 7) is 14.1. The normalized spacial score (nSPS) is 19.0. The van der Waals surface area contributed by atoms with Gasteiger partial charge in [0.2, 0.25) is 0 Å². The Kier molecular flexibility index (Phi) is 10.2. The number of aromatic nitrogens is 1. The number of pyridine rings is 1. The summed E-state index contributed by atoms with van der Waals surface area (Å²) in [6.07, 6.45) is 6.81. The van der Waals surface area contributed by atoms with Crippen LogP contribution in [0.5, 0.6) is 5.75 Å². The molecule has 0 unspecified atom stereocenters. The molecule has 5 rings (SSSR count). The van der Waals surface area contributed by atoms with Crippen molar-refractivity contribution in [3.63, 3.8) is 0 Å². The third-order valence-corrected chi connectivity index (χ3v) is 9.34. The van der Waals surface area contributed by atoms with Crippen LogP contribution < -0.4 is 26.6 Å². The maximum Gasteiger partial charge on any atom is 0.320 e. The molecule has 254 valence electrons. The number of allylic oxidation sites excluding steroid dienone is 1. The van der Waals surface area contributed by atoms with E-state index < -0.39 is 5.54 Å². The highest BCUT2D eigenvalue weighted by Gasteiger charge is 2.35. The molecular weight excluding hydrogens is 600 g/mol. The fraction of sp³-hybridized carbons (Fsp3) is 0.421. The van der Waals surface area contributed by atoms with Gasteiger partial charge in [0.1, 0.15) is 29.0 Å². The van der Waals surface area contributed by atoms with Gasteiger partial charge in [0, 0.05) is 17.2 Å². The van der Waals surface area contributed by atoms with E-state index in [4.69, 9.17) is 21.3 Å². The number of nitrogens with one attached hydrogen (secondary N) is 4. The lowest BCUT2D eigenvalue weighted by Gasteiger charge is -2.36. The zero-order valence-electron chi connectivity index (χ0n) is 29.1. The van der Waals surface area contributed by atoms with Crippen LogP contribution in [-0.2, 0) is 0 Å². The molecule has 1 fully saturated rings. The first kappa shape index (κ1) is 34.6. The molecular formula is C38H50N8O2. The molecule has 1 saturated heterocycles. The Bertz CT molecular complexity index is 1760. The summed E-state index contributed by atoms with van der Waals surface area (Å²) >= 11 is 0. The molecule has 0 spiro atoms. The standard InChI is InChI=1S/C38H50N8O2/c1-25-13-15-26(16-14-25)42-34(23-32(39)37(2,3)4)44-36(47)43-30-18-19-31(29-12-8-7-11-28(29)30)48-27-17-20-33(40)46(24-27)35(41)38(5,6)45-21-9-10-22-45/h7-8,11-17,20,23-24,30-31,40-41H,9-10,18-19,21-22,39H2,1-6H3,(H2,42,43,44,47)/b32-23-,40-33?,41-35?/t30-,31+/m0/s1. The summed E-state index contributed by atoms with van der Waals surface area (Å²) < 4.78 is 8.17. The second-order valence-corrected chi connectivity index (χ2v) is 14.4. The zero-order chi connectivity index (χ0) is 34.6. The lowest BCUT2D eigenvalue weighted by atomic mass is 9.85. The van der Waals surface area contributed by atoms with Crippen molar-refractivity contribution < 1.29 is 9.53 Å². The zero-order valence-corrected chi connectivity index (χ0v) is 29.1. The number of ether oxygens (including phenoxy) is 1. The highest BCUT2D eigenvalue weighted by Crippen LogP contribution is 2.38. The molecule has 0 radical (unpaired) electrons. The number of amides is 2. The Labute approximate surface area is 284 Å². The van der Waals surface area contributed by atoms with Gasteiger partial charge >= 0.3 is 6.03 Å². The van der Waals surface area contributed by atoms with E-state index in [1.807, 2.05) is 76.2 Å². The maximum absolute atomic E-state index is 13.4. The van der Waals surface area contributed by atoms with Gasteiger partial charge in [-0.25, -0.2) is 9.79 Å². The average Bonchev–Trinajstić information content (AvgIpc) is 3.60. The van der Waals surface area contributed by atoms with Crippen molar-refractivity contribution in [1.29, 1.82) is 10.8 Å². The molecule has 10 nitrogen and oxygen atoms in total. The molecule has 6 N–H and O–H groups in total. The number of hydrogen-bond donors (Lipinski definition) is 5. The van der Waals surface area contributed by atoms with Crippen LogP contribution in [0.2, 0.25) is 0 Å². The first-order valence-electron chi connectivity index (χ1n) is 16.8. The molecule has 2 heterocycles. The van der Waals surface area contributed by atoms with Crippen LogP contribution in [0, 0.1) is 23.2 Å². The summed E-state index contributed by atoms with van der Waals surface area (Å²) in [5, 5.41) is 23.7. The summed E-state index contributed by atoms with van der Waals surface area (Å²) in [6, 6.07) is 18.6. The summed E-state index contributed by atoms with van der Waals surface area (Å²) in [5.74, 6) is 1.30. The van der Waals surface area contributed by atoms with Gasteiger partial charge in [-0.15, -0.1) is 0 Å². The fourth-order valence-corrected chi connectivity index (χ4v) is 6.17. The number of benzene rings is 2. The Morgan fingerprint density at radius 2 is 1.65 bits per heavy atom. The van der Waals surface area contributed by atoms with Crippen molar-refractivity contribution in [3.05, 3.63) is 101 Å². The van der Waals surface area contributed by atoms with Gasteiger partial charge in [0.05, 0.1) is 23.5 Å². The molecule has 2 amide bonds. The molecule has 3 aromatic rings. The van der Waals surface area contributed by atoms with Crippen LogP contribution in [0.25, 0.3) is 0 Å². The van der Waals surface area contributed by atoms with E-state index in [2.05, 4.69) is 34.4 Å². The number of likely N-dealkylation sites (tertiary alicyclic amines) is 1. The van der Waals surface area contributed by atoms with E-state index in [1.54, 1.807) is 29.0 Å². The molecule has 0 saturated carbocycles. The third-order valence-electron chi connectivity index (χ3n) is 9.34. The topological polar surface area (TPSA) is 145 Å². The number of carbonyl (C=O) groups is 1. The van der Waals surface area contributed by atoms with Crippen LogP contribution in [0.1, 0.15) is 89.1 Å². The number of amidine groups is 1. The summed E-state index contributed by atoms with van der Waals surface area (Å²) in [7, 11) is 0. The number of hydrogen-bond acceptors (Lipinski definition) is 7. The van der Waals surface area contributed by atoms with E-state index in [0.29, 0.717) is 41.6 Å². The Balaban J connectivity index is 1.33. The average molecular weight is 651 g/mol. The number of fused-ring (bicyclic) bond motifs is 1. The molecule has 0 bridgehead atoms. The molecule has 1 aliphatic heterocycles. The highest BCUT2D eigenvalue weighted by atomic mass is 16.5. The van der Waals surface area contributed by atoms with Gasteiger partial charge in [0.15, 0.2) is 0 Å². The molecule has 10 heteroatoms. The number of nitrogens with zero attached hydrogens (tertiary/aromatic N) is 3. The van der Waals surface area contributed by atoms with E-state index in [-0.39, 0.29) is 29.1 Å². The van der Waals surface area contributed by atoms with Crippen molar-refractivity contribution in [3.8, 4) is 5.75 Å². The SMILES string of the molecule is Cc1ccc(N=C(/C=C(\N)C(C)(C)C)NC(=O)N[C@H]2CC[C@@H](Oc3ccc(=N)n(C(=N)C(C)(C)N4CCCC4)c3)c3ccccc32)cc1. The van der Waals surface area contributed by atoms with Crippen molar-refractivity contribution in [2.24, 2.45) is 16.1 Å². The largest absolute Gasteiger partial charge is 0.484 e. The van der Waals surface area contributed by atoms with E-state index in [1.165, 1.54) is 0 Å². The molecule has 48 heavy (non-hydrogen) atoms. The number of rotatable bonds is 7. The van der Waals surface area contributed by atoms with Crippen LogP contribution in [0.4, 0.5) is 10.5 Å². The van der Waals surface area contributed by atoms with E-state index in [9.17, 15) is 4.79 Å². The first-order valence-corrected chi connectivity index (χ1v) is 16.8. The molecule has 2 aromatic carbocycles. The summed E-state index contributed by atoms with van der Waals surface area (Å²) in [4.78, 5) is 20.4. The monoisotopic (exact) mass is 650 g/mol. The minimum atomic E-state index is -0.508. The van der Waals surface area contributed by atoms with Gasteiger partial charge in [-0.2, -0.15) is 0 Å². The van der Waals surface area contributed by atoms with Crippen molar-refractivity contribution in [1.82, 2.24) is 20.1 Å². The molecule has 2 atom stereocenters. The Morgan fingerprint density at radius 3 is 2.31 bits per heavy atom. The van der Waals surface area contributed by atoms with Gasteiger partial charge in [-0.05, 0) is 94.9 Å². The molecule has 2 aliphatic rings. The predicted molar refractivity (Wildman–Crippen MR) is 192 cm³/mol. The minimum absolute atomic E-state index is 0.236. The molecule has 1 aliphatic carbocycles. The van der Waals surface area contributed by atoms with E-state index >= 15 is 0 Å². The second-order valence-electron chi connectivity index (χ2n) is 14.4. The quantitative estimate of drug-likeness (QED) is 0.141. The van der Waals surface area contributed by atoms with Crippen molar-refractivity contribution >= 4 is 23.4 Å². The van der Waals surface area contributed by atoms with Gasteiger partial charge < -0.3 is 15.8 Å². The van der Waals surface area contributed by atoms with Crippen LogP contribution >= 0.6 is 0 Å². The highest BCUT2D eigenvalue weighted by molar-refractivity contribution is 6.05. The number of carbonyl (C=O) groups excluding carboxylic acids is 1. The lowest BCUT2D eigenvalue weighted by molar-refractivity contribution is 0.170. The van der Waals surface area contributed by atoms with Crippen LogP contribution in [0.3, 0.4) is 0 Å². The van der Waals surface area contributed by atoms with Crippen LogP contribution in [-0.4, -0.2) is 45.8 Å². The van der Waals surface area contributed by atoms with Crippen molar-refractivity contribution in [2.75, 3.05) is 13.1 Å². The molecule has 1 aromatic heterocycles. The van der Waals surface area contributed by atoms with Gasteiger partial charge in [-0.1, -0.05) is 62.7 Å².